The highest BCUT2D eigenvalue weighted by molar-refractivity contribution is 6.20. The van der Waals surface area contributed by atoms with Gasteiger partial charge in [-0.05, 0) is 87.9 Å². The van der Waals surface area contributed by atoms with Gasteiger partial charge in [0.2, 0.25) is 0 Å². The molecule has 53 heavy (non-hydrogen) atoms. The van der Waals surface area contributed by atoms with Crippen molar-refractivity contribution in [2.24, 2.45) is 0 Å². The quantitative estimate of drug-likeness (QED) is 0.169. The fourth-order valence-electron chi connectivity index (χ4n) is 8.40. The molecule has 3 heteroatoms. The molecule has 0 atom stereocenters. The predicted octanol–water partition coefficient (Wildman–Crippen LogP) is 14.1. The Morgan fingerprint density at radius 1 is 0.377 bits per heavy atom. The molecular formula is C50H32N2O. The third-order valence-corrected chi connectivity index (χ3v) is 10.7. The average Bonchev–Trinajstić information content (AvgIpc) is 3.77. The van der Waals surface area contributed by atoms with Crippen LogP contribution >= 0.6 is 0 Å². The molecule has 0 aliphatic heterocycles. The number of rotatable bonds is 5. The minimum Gasteiger partial charge on any atom is -0.456 e. The number of para-hydroxylation sites is 2. The number of furan rings is 1. The molecule has 9 aromatic carbocycles. The van der Waals surface area contributed by atoms with Crippen molar-refractivity contribution in [2.75, 3.05) is 4.90 Å². The normalized spacial score (nSPS) is 11.8. The first-order chi connectivity index (χ1) is 26.3. The highest BCUT2D eigenvalue weighted by Crippen LogP contribution is 2.48. The largest absolute Gasteiger partial charge is 0.456 e. The average molecular weight is 677 g/mol. The number of anilines is 3. The molecule has 248 valence electrons. The molecule has 2 heterocycles. The number of fused-ring (bicyclic) bond motifs is 9. The Hall–Kier alpha value is -7.10. The maximum Gasteiger partial charge on any atom is 0.135 e. The molecule has 0 radical (unpaired) electrons. The van der Waals surface area contributed by atoms with Gasteiger partial charge in [-0.1, -0.05) is 133 Å². The predicted molar refractivity (Wildman–Crippen MR) is 223 cm³/mol. The summed E-state index contributed by atoms with van der Waals surface area (Å²) in [4.78, 5) is 2.47. The summed E-state index contributed by atoms with van der Waals surface area (Å²) in [5, 5.41) is 9.48. The van der Waals surface area contributed by atoms with Crippen molar-refractivity contribution < 1.29 is 4.42 Å². The third-order valence-electron chi connectivity index (χ3n) is 10.7. The highest BCUT2D eigenvalue weighted by Gasteiger charge is 2.24. The van der Waals surface area contributed by atoms with Gasteiger partial charge in [0.1, 0.15) is 11.2 Å². The van der Waals surface area contributed by atoms with Crippen molar-refractivity contribution in [3.63, 3.8) is 0 Å². The van der Waals surface area contributed by atoms with Crippen LogP contribution in [0.3, 0.4) is 0 Å². The van der Waals surface area contributed by atoms with E-state index in [0.717, 1.165) is 50.2 Å². The highest BCUT2D eigenvalue weighted by atomic mass is 16.3. The van der Waals surface area contributed by atoms with Gasteiger partial charge in [0, 0.05) is 38.3 Å². The van der Waals surface area contributed by atoms with Crippen molar-refractivity contribution >= 4 is 82.4 Å². The second-order valence-corrected chi connectivity index (χ2v) is 13.7. The molecule has 0 amide bonds. The zero-order valence-electron chi connectivity index (χ0n) is 28.8. The zero-order chi connectivity index (χ0) is 34.9. The van der Waals surface area contributed by atoms with E-state index in [4.69, 9.17) is 4.42 Å². The van der Waals surface area contributed by atoms with E-state index < -0.39 is 0 Å². The minimum absolute atomic E-state index is 0.881. The number of nitrogens with zero attached hydrogens (tertiary/aromatic N) is 2. The second kappa shape index (κ2) is 11.7. The molecule has 0 fully saturated rings. The van der Waals surface area contributed by atoms with Crippen LogP contribution in [-0.4, -0.2) is 4.57 Å². The first-order valence-corrected chi connectivity index (χ1v) is 18.1. The lowest BCUT2D eigenvalue weighted by Crippen LogP contribution is -2.11. The molecule has 0 N–H and O–H groups in total. The lowest BCUT2D eigenvalue weighted by atomic mass is 9.98. The number of benzene rings is 9. The Bertz CT molecular complexity index is 3190. The first-order valence-electron chi connectivity index (χ1n) is 18.1. The summed E-state index contributed by atoms with van der Waals surface area (Å²) in [6, 6.07) is 69.9. The van der Waals surface area contributed by atoms with Gasteiger partial charge < -0.3 is 13.9 Å². The SMILES string of the molecule is c1ccc(-c2cccc(-n3c4ccccc4c4c(N(c5ccc6oc7ccccc7c6c5)c5cc6ccccc6c6ccccc56)cccc43)c2)cc1. The van der Waals surface area contributed by atoms with Crippen LogP contribution in [0.5, 0.6) is 0 Å². The van der Waals surface area contributed by atoms with E-state index in [1.54, 1.807) is 0 Å². The Morgan fingerprint density at radius 2 is 1.04 bits per heavy atom. The second-order valence-electron chi connectivity index (χ2n) is 13.7. The van der Waals surface area contributed by atoms with E-state index in [1.807, 2.05) is 12.1 Å². The number of hydrogen-bond acceptors (Lipinski definition) is 2. The van der Waals surface area contributed by atoms with Crippen LogP contribution in [-0.2, 0) is 0 Å². The summed E-state index contributed by atoms with van der Waals surface area (Å²) in [5.41, 5.74) is 10.9. The van der Waals surface area contributed by atoms with E-state index in [1.165, 1.54) is 49.0 Å². The molecule has 0 spiro atoms. The molecule has 2 aromatic heterocycles. The van der Waals surface area contributed by atoms with Crippen molar-refractivity contribution in [1.29, 1.82) is 0 Å². The fourth-order valence-corrected chi connectivity index (χ4v) is 8.40. The van der Waals surface area contributed by atoms with Gasteiger partial charge in [-0.2, -0.15) is 0 Å². The topological polar surface area (TPSA) is 21.3 Å². The van der Waals surface area contributed by atoms with Crippen molar-refractivity contribution in [2.45, 2.75) is 0 Å². The van der Waals surface area contributed by atoms with Gasteiger partial charge >= 0.3 is 0 Å². The van der Waals surface area contributed by atoms with Crippen LogP contribution < -0.4 is 4.90 Å². The zero-order valence-corrected chi connectivity index (χ0v) is 28.8. The molecule has 11 aromatic rings. The van der Waals surface area contributed by atoms with Gasteiger partial charge in [-0.25, -0.2) is 0 Å². The lowest BCUT2D eigenvalue weighted by molar-refractivity contribution is 0.669. The Labute approximate surface area is 306 Å². The van der Waals surface area contributed by atoms with Crippen molar-refractivity contribution in [1.82, 2.24) is 4.57 Å². The van der Waals surface area contributed by atoms with Gasteiger partial charge in [-0.3, -0.25) is 0 Å². The summed E-state index contributed by atoms with van der Waals surface area (Å²) >= 11 is 0. The van der Waals surface area contributed by atoms with Crippen molar-refractivity contribution in [3.05, 3.63) is 194 Å². The molecule has 0 aliphatic rings. The molecule has 3 nitrogen and oxygen atoms in total. The maximum absolute atomic E-state index is 6.33. The van der Waals surface area contributed by atoms with Crippen LogP contribution in [0.15, 0.2) is 199 Å². The molecule has 0 saturated heterocycles. The lowest BCUT2D eigenvalue weighted by Gasteiger charge is -2.28. The summed E-state index contributed by atoms with van der Waals surface area (Å²) in [5.74, 6) is 0. The summed E-state index contributed by atoms with van der Waals surface area (Å²) in [6.07, 6.45) is 0. The van der Waals surface area contributed by atoms with E-state index in [9.17, 15) is 0 Å². The summed E-state index contributed by atoms with van der Waals surface area (Å²) in [6.45, 7) is 0. The third kappa shape index (κ3) is 4.61. The minimum atomic E-state index is 0.881. The number of aromatic nitrogens is 1. The molecule has 11 rings (SSSR count). The Kier molecular flexibility index (Phi) is 6.55. The van der Waals surface area contributed by atoms with Crippen LogP contribution in [0.4, 0.5) is 17.1 Å². The smallest absolute Gasteiger partial charge is 0.135 e. The maximum atomic E-state index is 6.33. The van der Waals surface area contributed by atoms with Crippen molar-refractivity contribution in [3.8, 4) is 16.8 Å². The molecular weight excluding hydrogens is 645 g/mol. The summed E-state index contributed by atoms with van der Waals surface area (Å²) < 4.78 is 8.75. The molecule has 0 aliphatic carbocycles. The molecule has 0 unspecified atom stereocenters. The van der Waals surface area contributed by atoms with Crippen LogP contribution in [0.2, 0.25) is 0 Å². The van der Waals surface area contributed by atoms with Gasteiger partial charge in [0.15, 0.2) is 0 Å². The Morgan fingerprint density at radius 3 is 1.92 bits per heavy atom. The molecule has 0 saturated carbocycles. The van der Waals surface area contributed by atoms with Crippen LogP contribution in [0.1, 0.15) is 0 Å². The first kappa shape index (κ1) is 29.6. The van der Waals surface area contributed by atoms with Gasteiger partial charge in [0.05, 0.1) is 22.4 Å². The standard InChI is InChI=1S/C50H32N2O/c1-2-14-33(15-3-1)34-17-12-18-36(30-34)51-44-24-10-8-23-42(44)50-45(51)25-13-26-46(50)52(37-28-29-49-43(32-37)41-22-9-11-27-48(41)53-49)47-31-35-16-4-5-19-38(35)39-20-6-7-21-40(39)47/h1-32H. The van der Waals surface area contributed by atoms with Crippen LogP contribution in [0.25, 0.3) is 82.1 Å². The van der Waals surface area contributed by atoms with E-state index in [-0.39, 0.29) is 0 Å². The van der Waals surface area contributed by atoms with Gasteiger partial charge in [0.25, 0.3) is 0 Å². The Balaban J connectivity index is 1.24. The summed E-state index contributed by atoms with van der Waals surface area (Å²) in [7, 11) is 0. The molecule has 0 bridgehead atoms. The monoisotopic (exact) mass is 676 g/mol. The van der Waals surface area contributed by atoms with Gasteiger partial charge in [-0.15, -0.1) is 0 Å². The fraction of sp³-hybridized carbons (Fsp3) is 0. The van der Waals surface area contributed by atoms with E-state index in [2.05, 4.69) is 191 Å². The van der Waals surface area contributed by atoms with E-state index >= 15 is 0 Å². The number of hydrogen-bond donors (Lipinski definition) is 0. The van der Waals surface area contributed by atoms with Crippen LogP contribution in [0, 0.1) is 0 Å². The van der Waals surface area contributed by atoms with E-state index in [0.29, 0.717) is 0 Å².